The van der Waals surface area contributed by atoms with Crippen molar-refractivity contribution in [1.82, 2.24) is 4.90 Å². The van der Waals surface area contributed by atoms with E-state index in [0.29, 0.717) is 6.54 Å². The van der Waals surface area contributed by atoms with Gasteiger partial charge in [0.15, 0.2) is 0 Å². The molecule has 1 aromatic carbocycles. The van der Waals surface area contributed by atoms with Crippen molar-refractivity contribution < 1.29 is 9.53 Å². The Morgan fingerprint density at radius 1 is 1.47 bits per heavy atom. The molecule has 0 aliphatic carbocycles. The lowest BCUT2D eigenvalue weighted by Crippen LogP contribution is -2.23. The number of hydrogen-bond donors (Lipinski definition) is 0. The number of carbonyl (C=O) groups is 1. The molecule has 15 heavy (non-hydrogen) atoms. The number of ether oxygens (including phenoxy) is 1. The number of methoxy groups -OCH3 is 1. The molecular weight excluding hydrogens is 190 g/mol. The molecule has 1 rings (SSSR count). The fourth-order valence-electron chi connectivity index (χ4n) is 1.52. The summed E-state index contributed by atoms with van der Waals surface area (Å²) in [5.41, 5.74) is 1.15. The monoisotopic (exact) mass is 207 g/mol. The Morgan fingerprint density at radius 2 is 2.20 bits per heavy atom. The molecule has 82 valence electrons. The number of ketones is 1. The van der Waals surface area contributed by atoms with Crippen LogP contribution in [-0.2, 0) is 11.3 Å². The summed E-state index contributed by atoms with van der Waals surface area (Å²) in [6, 6.07) is 7.88. The van der Waals surface area contributed by atoms with Crippen molar-refractivity contribution in [2.75, 3.05) is 20.7 Å². The number of benzene rings is 1. The van der Waals surface area contributed by atoms with E-state index in [-0.39, 0.29) is 5.78 Å². The van der Waals surface area contributed by atoms with E-state index in [4.69, 9.17) is 4.74 Å². The summed E-state index contributed by atoms with van der Waals surface area (Å²) in [5.74, 6) is 1.03. The van der Waals surface area contributed by atoms with Crippen molar-refractivity contribution >= 4 is 5.78 Å². The van der Waals surface area contributed by atoms with Crippen molar-refractivity contribution in [1.29, 1.82) is 0 Å². The van der Waals surface area contributed by atoms with E-state index >= 15 is 0 Å². The van der Waals surface area contributed by atoms with Crippen LogP contribution in [0.3, 0.4) is 0 Å². The largest absolute Gasteiger partial charge is 0.497 e. The number of hydrogen-bond acceptors (Lipinski definition) is 3. The van der Waals surface area contributed by atoms with Crippen molar-refractivity contribution in [3.8, 4) is 5.75 Å². The average molecular weight is 207 g/mol. The van der Waals surface area contributed by atoms with Gasteiger partial charge in [-0.15, -0.1) is 0 Å². The minimum atomic E-state index is 0.181. The first-order valence-corrected chi connectivity index (χ1v) is 4.92. The minimum Gasteiger partial charge on any atom is -0.497 e. The molecule has 0 fully saturated rings. The van der Waals surface area contributed by atoms with Gasteiger partial charge in [0.2, 0.25) is 0 Å². The molecule has 0 N–H and O–H groups in total. The highest BCUT2D eigenvalue weighted by Gasteiger charge is 2.03. The van der Waals surface area contributed by atoms with Crippen LogP contribution in [0.15, 0.2) is 24.3 Å². The molecule has 0 saturated heterocycles. The summed E-state index contributed by atoms with van der Waals surface area (Å²) in [7, 11) is 3.58. The van der Waals surface area contributed by atoms with Gasteiger partial charge in [0.05, 0.1) is 13.7 Å². The zero-order valence-corrected chi connectivity index (χ0v) is 9.49. The average Bonchev–Trinajstić information content (AvgIpc) is 2.16. The molecule has 0 radical (unpaired) electrons. The van der Waals surface area contributed by atoms with E-state index < -0.39 is 0 Å². The Hall–Kier alpha value is -1.35. The highest BCUT2D eigenvalue weighted by Crippen LogP contribution is 2.13. The van der Waals surface area contributed by atoms with Crippen molar-refractivity contribution in [2.45, 2.75) is 13.5 Å². The molecule has 0 saturated carbocycles. The van der Waals surface area contributed by atoms with E-state index in [1.165, 1.54) is 0 Å². The molecule has 0 spiro atoms. The zero-order chi connectivity index (χ0) is 11.3. The van der Waals surface area contributed by atoms with Crippen LogP contribution in [0, 0.1) is 0 Å². The standard InChI is InChI=1S/C12H17NO2/c1-10(14)8-13(2)9-11-5-4-6-12(7-11)15-3/h4-7H,8-9H2,1-3H3. The van der Waals surface area contributed by atoms with Gasteiger partial charge in [-0.05, 0) is 31.7 Å². The second-order valence-electron chi connectivity index (χ2n) is 3.73. The van der Waals surface area contributed by atoms with Crippen LogP contribution in [-0.4, -0.2) is 31.4 Å². The number of rotatable bonds is 5. The van der Waals surface area contributed by atoms with Gasteiger partial charge in [-0.3, -0.25) is 9.69 Å². The molecule has 0 bridgehead atoms. The van der Waals surface area contributed by atoms with Gasteiger partial charge in [0.1, 0.15) is 11.5 Å². The van der Waals surface area contributed by atoms with Gasteiger partial charge in [-0.1, -0.05) is 12.1 Å². The number of Topliss-reactive ketones (excluding diaryl/α,β-unsaturated/α-hetero) is 1. The van der Waals surface area contributed by atoms with E-state index in [1.54, 1.807) is 14.0 Å². The second-order valence-corrected chi connectivity index (χ2v) is 3.73. The molecule has 0 aromatic heterocycles. The zero-order valence-electron chi connectivity index (χ0n) is 9.49. The third-order valence-electron chi connectivity index (χ3n) is 2.08. The Kier molecular flexibility index (Phi) is 4.31. The summed E-state index contributed by atoms with van der Waals surface area (Å²) in [6.07, 6.45) is 0. The fraction of sp³-hybridized carbons (Fsp3) is 0.417. The van der Waals surface area contributed by atoms with Gasteiger partial charge in [0, 0.05) is 6.54 Å². The Labute approximate surface area is 90.7 Å². The van der Waals surface area contributed by atoms with Gasteiger partial charge in [-0.2, -0.15) is 0 Å². The summed E-state index contributed by atoms with van der Waals surface area (Å²) in [4.78, 5) is 12.9. The molecule has 0 unspecified atom stereocenters. The number of likely N-dealkylation sites (N-methyl/N-ethyl adjacent to an activating group) is 1. The van der Waals surface area contributed by atoms with Crippen LogP contribution >= 0.6 is 0 Å². The Morgan fingerprint density at radius 3 is 2.80 bits per heavy atom. The van der Waals surface area contributed by atoms with Crippen LogP contribution in [0.1, 0.15) is 12.5 Å². The molecule has 0 aliphatic heterocycles. The molecule has 3 nitrogen and oxygen atoms in total. The quantitative estimate of drug-likeness (QED) is 0.736. The lowest BCUT2D eigenvalue weighted by Gasteiger charge is -2.15. The van der Waals surface area contributed by atoms with Crippen LogP contribution in [0.4, 0.5) is 0 Å². The van der Waals surface area contributed by atoms with Crippen LogP contribution < -0.4 is 4.74 Å². The van der Waals surface area contributed by atoms with Gasteiger partial charge in [0.25, 0.3) is 0 Å². The minimum absolute atomic E-state index is 0.181. The van der Waals surface area contributed by atoms with Crippen molar-refractivity contribution in [3.05, 3.63) is 29.8 Å². The van der Waals surface area contributed by atoms with E-state index in [9.17, 15) is 4.79 Å². The Balaban J connectivity index is 2.59. The molecule has 0 atom stereocenters. The van der Waals surface area contributed by atoms with Gasteiger partial charge < -0.3 is 4.74 Å². The summed E-state index contributed by atoms with van der Waals surface area (Å²) < 4.78 is 5.13. The SMILES string of the molecule is COc1cccc(CN(C)CC(C)=O)c1. The van der Waals surface area contributed by atoms with Crippen LogP contribution in [0.5, 0.6) is 5.75 Å². The van der Waals surface area contributed by atoms with Crippen LogP contribution in [0.2, 0.25) is 0 Å². The summed E-state index contributed by atoms with van der Waals surface area (Å²) >= 11 is 0. The van der Waals surface area contributed by atoms with E-state index in [0.717, 1.165) is 17.9 Å². The molecule has 1 aromatic rings. The van der Waals surface area contributed by atoms with Gasteiger partial charge >= 0.3 is 0 Å². The predicted molar refractivity (Wildman–Crippen MR) is 60.0 cm³/mol. The maximum absolute atomic E-state index is 10.9. The van der Waals surface area contributed by atoms with Crippen molar-refractivity contribution in [3.63, 3.8) is 0 Å². The molecule has 3 heteroatoms. The maximum Gasteiger partial charge on any atom is 0.143 e. The Bertz CT molecular complexity index is 336. The highest BCUT2D eigenvalue weighted by atomic mass is 16.5. The first-order valence-electron chi connectivity index (χ1n) is 4.92. The lowest BCUT2D eigenvalue weighted by atomic mass is 10.2. The van der Waals surface area contributed by atoms with Crippen molar-refractivity contribution in [2.24, 2.45) is 0 Å². The smallest absolute Gasteiger partial charge is 0.143 e. The van der Waals surface area contributed by atoms with Gasteiger partial charge in [-0.25, -0.2) is 0 Å². The third kappa shape index (κ3) is 4.13. The summed E-state index contributed by atoms with van der Waals surface area (Å²) in [6.45, 7) is 2.84. The van der Waals surface area contributed by atoms with Crippen LogP contribution in [0.25, 0.3) is 0 Å². The first-order chi connectivity index (χ1) is 7.11. The molecule has 0 amide bonds. The topological polar surface area (TPSA) is 29.5 Å². The highest BCUT2D eigenvalue weighted by molar-refractivity contribution is 5.77. The lowest BCUT2D eigenvalue weighted by molar-refractivity contribution is -0.117. The normalized spacial score (nSPS) is 10.4. The molecular formula is C12H17NO2. The third-order valence-corrected chi connectivity index (χ3v) is 2.08. The van der Waals surface area contributed by atoms with E-state index in [2.05, 4.69) is 0 Å². The predicted octanol–water partition coefficient (Wildman–Crippen LogP) is 1.72. The molecule has 0 aliphatic rings. The maximum atomic E-state index is 10.9. The van der Waals surface area contributed by atoms with E-state index in [1.807, 2.05) is 36.2 Å². The molecule has 0 heterocycles. The second kappa shape index (κ2) is 5.51. The summed E-state index contributed by atoms with van der Waals surface area (Å²) in [5, 5.41) is 0. The number of carbonyl (C=O) groups excluding carboxylic acids is 1. The fourth-order valence-corrected chi connectivity index (χ4v) is 1.52. The first kappa shape index (κ1) is 11.7. The number of nitrogens with zero attached hydrogens (tertiary/aromatic N) is 1.